The summed E-state index contributed by atoms with van der Waals surface area (Å²) in [5.74, 6) is 0. The predicted molar refractivity (Wildman–Crippen MR) is 23.5 cm³/mol. The van der Waals surface area contributed by atoms with Crippen LogP contribution < -0.4 is 0 Å². The zero-order chi connectivity index (χ0) is 6.08. The molecule has 0 aromatic heterocycles. The molecular formula is C3H6F3Te+. The number of halogens is 3. The van der Waals surface area contributed by atoms with Gasteiger partial charge in [-0.05, 0) is 0 Å². The van der Waals surface area contributed by atoms with Gasteiger partial charge in [-0.2, -0.15) is 0 Å². The molecule has 0 aromatic rings. The van der Waals surface area contributed by atoms with E-state index in [0.29, 0.717) is 0 Å². The van der Waals surface area contributed by atoms with Gasteiger partial charge in [-0.3, -0.25) is 0 Å². The zero-order valence-electron chi connectivity index (χ0n) is 4.04. The van der Waals surface area contributed by atoms with E-state index in [1.165, 1.54) is 9.94 Å². The molecule has 0 heterocycles. The Morgan fingerprint density at radius 2 is 1.29 bits per heavy atom. The van der Waals surface area contributed by atoms with Gasteiger partial charge in [0.05, 0.1) is 0 Å². The van der Waals surface area contributed by atoms with E-state index >= 15 is 0 Å². The van der Waals surface area contributed by atoms with Crippen LogP contribution in [-0.4, -0.2) is 23.8 Å². The van der Waals surface area contributed by atoms with Crippen molar-refractivity contribution >= 4 is 19.6 Å². The van der Waals surface area contributed by atoms with Gasteiger partial charge in [0.15, 0.2) is 0 Å². The minimum absolute atomic E-state index is 1.30. The van der Waals surface area contributed by atoms with Crippen LogP contribution in [-0.2, 0) is 0 Å². The third-order valence-electron chi connectivity index (χ3n) is 0.463. The molecule has 0 aliphatic rings. The van der Waals surface area contributed by atoms with Crippen LogP contribution in [0.1, 0.15) is 0 Å². The van der Waals surface area contributed by atoms with Crippen molar-refractivity contribution in [3.8, 4) is 0 Å². The summed E-state index contributed by atoms with van der Waals surface area (Å²) in [7, 11) is 0. The van der Waals surface area contributed by atoms with Gasteiger partial charge in [0.2, 0.25) is 0 Å². The standard InChI is InChI=1S/C3H6F3Te/c1-7(2)3(4,5)6/h1-2H3/q+1. The molecule has 0 fully saturated rings. The van der Waals surface area contributed by atoms with E-state index in [2.05, 4.69) is 0 Å². The van der Waals surface area contributed by atoms with Crippen LogP contribution in [0.15, 0.2) is 0 Å². The van der Waals surface area contributed by atoms with E-state index in [1.807, 2.05) is 0 Å². The fourth-order valence-corrected chi connectivity index (χ4v) is 0. The summed E-state index contributed by atoms with van der Waals surface area (Å²) < 4.78 is 29.9. The third kappa shape index (κ3) is 3.19. The minimum atomic E-state index is -3.83. The summed E-state index contributed by atoms with van der Waals surface area (Å²) in [6, 6.07) is 0. The number of rotatable bonds is 0. The summed E-state index contributed by atoms with van der Waals surface area (Å²) in [6.45, 7) is 0. The molecule has 0 spiro atoms. The average Bonchev–Trinajstić information content (AvgIpc) is 1.31. The van der Waals surface area contributed by atoms with Crippen molar-refractivity contribution in [3.05, 3.63) is 0 Å². The molecule has 0 N–H and O–H groups in total. The molecule has 0 aromatic carbocycles. The van der Waals surface area contributed by atoms with Crippen molar-refractivity contribution < 1.29 is 13.2 Å². The fraction of sp³-hybridized carbons (Fsp3) is 1.00. The van der Waals surface area contributed by atoms with Gasteiger partial charge in [-0.1, -0.05) is 0 Å². The van der Waals surface area contributed by atoms with Crippen LogP contribution in [0.2, 0.25) is 9.94 Å². The molecular weight excluding hydrogens is 221 g/mol. The normalized spacial score (nSPS) is 12.9. The Kier molecular flexibility index (Phi) is 2.42. The van der Waals surface area contributed by atoms with Crippen molar-refractivity contribution in [3.63, 3.8) is 0 Å². The van der Waals surface area contributed by atoms with E-state index < -0.39 is 23.8 Å². The summed E-state index contributed by atoms with van der Waals surface area (Å²) in [5, 5.41) is 0. The Morgan fingerprint density at radius 1 is 1.14 bits per heavy atom. The van der Waals surface area contributed by atoms with Crippen LogP contribution in [0.4, 0.5) is 13.2 Å². The average molecular weight is 227 g/mol. The molecule has 0 saturated heterocycles. The maximum atomic E-state index is 11.3. The molecule has 0 aliphatic heterocycles. The van der Waals surface area contributed by atoms with Crippen molar-refractivity contribution in [2.45, 2.75) is 14.2 Å². The van der Waals surface area contributed by atoms with E-state index in [-0.39, 0.29) is 0 Å². The van der Waals surface area contributed by atoms with E-state index in [4.69, 9.17) is 0 Å². The summed E-state index contributed by atoms with van der Waals surface area (Å²) in [4.78, 5) is 2.59. The Bertz CT molecular complexity index is 55.7. The molecule has 0 unspecified atom stereocenters. The Hall–Kier alpha value is 0.580. The van der Waals surface area contributed by atoms with Gasteiger partial charge in [0.1, 0.15) is 0 Å². The molecule has 0 aliphatic carbocycles. The van der Waals surface area contributed by atoms with Gasteiger partial charge in [-0.25, -0.2) is 0 Å². The van der Waals surface area contributed by atoms with Crippen LogP contribution in [0.3, 0.4) is 0 Å². The summed E-state index contributed by atoms with van der Waals surface area (Å²) >= 11 is -2.62. The first-order valence-corrected chi connectivity index (χ1v) is 7.41. The molecule has 4 heteroatoms. The molecule has 0 bridgehead atoms. The van der Waals surface area contributed by atoms with E-state index in [9.17, 15) is 13.2 Å². The van der Waals surface area contributed by atoms with Gasteiger partial charge in [-0.15, -0.1) is 0 Å². The van der Waals surface area contributed by atoms with E-state index in [0.717, 1.165) is 0 Å². The molecule has 0 rings (SSSR count). The number of hydrogen-bond acceptors (Lipinski definition) is 0. The molecule has 0 radical (unpaired) electrons. The predicted octanol–water partition coefficient (Wildman–Crippen LogP) is 1.84. The van der Waals surface area contributed by atoms with Crippen LogP contribution >= 0.6 is 0 Å². The summed E-state index contributed by atoms with van der Waals surface area (Å²) in [5.41, 5.74) is 0. The Labute approximate surface area is 47.3 Å². The van der Waals surface area contributed by atoms with Gasteiger partial charge in [0.25, 0.3) is 0 Å². The zero-order valence-corrected chi connectivity index (χ0v) is 6.37. The molecule has 0 nitrogen and oxygen atoms in total. The van der Waals surface area contributed by atoms with Crippen molar-refractivity contribution in [2.24, 2.45) is 0 Å². The molecule has 44 valence electrons. The molecule has 7 heavy (non-hydrogen) atoms. The molecule has 0 saturated carbocycles. The summed E-state index contributed by atoms with van der Waals surface area (Å²) in [6.07, 6.45) is 0. The first kappa shape index (κ1) is 7.58. The monoisotopic (exact) mass is 229 g/mol. The molecule has 0 atom stereocenters. The number of hydrogen-bond donors (Lipinski definition) is 0. The second kappa shape index (κ2) is 2.23. The van der Waals surface area contributed by atoms with Gasteiger partial charge in [0, 0.05) is 0 Å². The number of alkyl halides is 3. The van der Waals surface area contributed by atoms with Crippen molar-refractivity contribution in [2.75, 3.05) is 0 Å². The van der Waals surface area contributed by atoms with Crippen LogP contribution in [0.5, 0.6) is 0 Å². The fourth-order valence-electron chi connectivity index (χ4n) is 0. The van der Waals surface area contributed by atoms with Gasteiger partial charge >= 0.3 is 46.9 Å². The second-order valence-electron chi connectivity index (χ2n) is 1.26. The quantitative estimate of drug-likeness (QED) is 0.553. The van der Waals surface area contributed by atoms with Crippen LogP contribution in [0.25, 0.3) is 0 Å². The second-order valence-corrected chi connectivity index (χ2v) is 7.24. The third-order valence-corrected chi connectivity index (χ3v) is 3.11. The maximum absolute atomic E-state index is 11.3. The molecule has 0 amide bonds. The Morgan fingerprint density at radius 3 is 1.29 bits per heavy atom. The first-order valence-electron chi connectivity index (χ1n) is 1.59. The topological polar surface area (TPSA) is 0 Å². The van der Waals surface area contributed by atoms with Crippen molar-refractivity contribution in [1.29, 1.82) is 0 Å². The van der Waals surface area contributed by atoms with Crippen molar-refractivity contribution in [1.82, 2.24) is 0 Å². The van der Waals surface area contributed by atoms with Crippen LogP contribution in [0, 0.1) is 0 Å². The Balaban J connectivity index is 3.54. The SMILES string of the molecule is C[Te+](C)C(F)(F)F. The van der Waals surface area contributed by atoms with Gasteiger partial charge < -0.3 is 0 Å². The van der Waals surface area contributed by atoms with E-state index in [1.54, 1.807) is 0 Å². The first-order chi connectivity index (χ1) is 2.94.